The molecule has 0 aliphatic carbocycles. The monoisotopic (exact) mass is 199 g/mol. The Kier molecular flexibility index (Phi) is 5.46. The minimum absolute atomic E-state index is 0.217. The summed E-state index contributed by atoms with van der Waals surface area (Å²) in [5, 5.41) is 3.16. The Balaban J connectivity index is 3.70. The molecule has 0 saturated carbocycles. The van der Waals surface area contributed by atoms with E-state index in [1.165, 1.54) is 0 Å². The van der Waals surface area contributed by atoms with Crippen molar-refractivity contribution in [1.82, 2.24) is 5.32 Å². The van der Waals surface area contributed by atoms with E-state index in [-0.39, 0.29) is 11.4 Å². The third-order valence-corrected chi connectivity index (χ3v) is 1.56. The molecule has 3 nitrogen and oxygen atoms in total. The molecule has 0 bridgehead atoms. The fraction of sp³-hybridized carbons (Fsp3) is 0.727. The van der Waals surface area contributed by atoms with Crippen LogP contribution >= 0.6 is 0 Å². The molecule has 0 fully saturated rings. The number of nitrogens with one attached hydrogen (secondary N) is 1. The van der Waals surface area contributed by atoms with Crippen LogP contribution in [-0.4, -0.2) is 25.7 Å². The molecule has 0 unspecified atom stereocenters. The van der Waals surface area contributed by atoms with Gasteiger partial charge in [-0.2, -0.15) is 0 Å². The van der Waals surface area contributed by atoms with Crippen molar-refractivity contribution in [3.63, 3.8) is 0 Å². The Labute approximate surface area is 86.5 Å². The Bertz CT molecular complexity index is 204. The Hall–Kier alpha value is -0.830. The highest BCUT2D eigenvalue weighted by Gasteiger charge is 2.11. The van der Waals surface area contributed by atoms with Crippen molar-refractivity contribution < 1.29 is 9.53 Å². The van der Waals surface area contributed by atoms with Gasteiger partial charge in [-0.3, -0.25) is 0 Å². The van der Waals surface area contributed by atoms with Crippen LogP contribution in [0.15, 0.2) is 12.2 Å². The predicted octanol–water partition coefficient (Wildman–Crippen LogP) is 1.74. The van der Waals surface area contributed by atoms with Crippen molar-refractivity contribution in [1.29, 1.82) is 0 Å². The van der Waals surface area contributed by atoms with Crippen LogP contribution in [0.3, 0.4) is 0 Å². The van der Waals surface area contributed by atoms with E-state index < -0.39 is 0 Å². The van der Waals surface area contributed by atoms with E-state index in [0.29, 0.717) is 18.7 Å². The molecule has 0 aliphatic heterocycles. The van der Waals surface area contributed by atoms with Crippen molar-refractivity contribution in [3.8, 4) is 0 Å². The number of hydrogen-bond donors (Lipinski definition) is 1. The number of rotatable bonds is 5. The second-order valence-corrected chi connectivity index (χ2v) is 4.49. The first-order valence-electron chi connectivity index (χ1n) is 4.92. The van der Waals surface area contributed by atoms with Crippen molar-refractivity contribution in [2.24, 2.45) is 5.41 Å². The first-order valence-corrected chi connectivity index (χ1v) is 4.92. The maximum absolute atomic E-state index is 11.1. The lowest BCUT2D eigenvalue weighted by Crippen LogP contribution is -2.30. The summed E-state index contributed by atoms with van der Waals surface area (Å²) in [7, 11) is 0. The molecular weight excluding hydrogens is 178 g/mol. The molecule has 0 aliphatic rings. The molecule has 14 heavy (non-hydrogen) atoms. The van der Waals surface area contributed by atoms with E-state index in [4.69, 9.17) is 4.74 Å². The van der Waals surface area contributed by atoms with Gasteiger partial charge < -0.3 is 10.1 Å². The Morgan fingerprint density at radius 2 is 2.00 bits per heavy atom. The molecule has 0 atom stereocenters. The van der Waals surface area contributed by atoms with Gasteiger partial charge in [0.15, 0.2) is 0 Å². The normalized spacial score (nSPS) is 11.1. The van der Waals surface area contributed by atoms with Gasteiger partial charge in [-0.15, -0.1) is 0 Å². The molecule has 3 heteroatoms. The lowest BCUT2D eigenvalue weighted by Gasteiger charge is -2.18. The predicted molar refractivity (Wildman–Crippen MR) is 58.1 cm³/mol. The summed E-state index contributed by atoms with van der Waals surface area (Å²) in [5.74, 6) is -0.311. The number of esters is 1. The maximum Gasteiger partial charge on any atom is 0.334 e. The van der Waals surface area contributed by atoms with E-state index in [0.717, 1.165) is 6.54 Å². The van der Waals surface area contributed by atoms with Gasteiger partial charge in [0.1, 0.15) is 0 Å². The zero-order chi connectivity index (χ0) is 11.2. The van der Waals surface area contributed by atoms with Gasteiger partial charge in [-0.05, 0) is 12.3 Å². The fourth-order valence-corrected chi connectivity index (χ4v) is 0.894. The molecule has 0 radical (unpaired) electrons. The molecular formula is C11H21NO2. The van der Waals surface area contributed by atoms with Crippen LogP contribution in [-0.2, 0) is 9.53 Å². The molecule has 82 valence electrons. The number of hydrogen-bond acceptors (Lipinski definition) is 3. The second kappa shape index (κ2) is 5.81. The molecule has 1 N–H and O–H groups in total. The highest BCUT2D eigenvalue weighted by molar-refractivity contribution is 5.88. The van der Waals surface area contributed by atoms with Gasteiger partial charge in [0.2, 0.25) is 0 Å². The lowest BCUT2D eigenvalue weighted by molar-refractivity contribution is -0.138. The number of ether oxygens (including phenoxy) is 1. The molecule has 0 saturated heterocycles. The summed E-state index contributed by atoms with van der Waals surface area (Å²) >= 11 is 0. The van der Waals surface area contributed by atoms with Gasteiger partial charge in [0, 0.05) is 18.7 Å². The molecule has 0 aromatic rings. The molecule has 0 amide bonds. The fourth-order valence-electron chi connectivity index (χ4n) is 0.894. The van der Waals surface area contributed by atoms with E-state index in [9.17, 15) is 4.79 Å². The third kappa shape index (κ3) is 6.66. The maximum atomic E-state index is 11.1. The summed E-state index contributed by atoms with van der Waals surface area (Å²) in [6.07, 6.45) is 0. The average molecular weight is 199 g/mol. The van der Waals surface area contributed by atoms with Crippen LogP contribution in [0.25, 0.3) is 0 Å². The standard InChI is InChI=1S/C11H21NO2/c1-6-14-10(13)9(2)7-12-8-11(3,4)5/h12H,2,6-8H2,1,3-5H3. The zero-order valence-electron chi connectivity index (χ0n) is 9.64. The van der Waals surface area contributed by atoms with Crippen molar-refractivity contribution in [2.45, 2.75) is 27.7 Å². The average Bonchev–Trinajstić information content (AvgIpc) is 2.02. The van der Waals surface area contributed by atoms with E-state index in [2.05, 4.69) is 32.7 Å². The SMILES string of the molecule is C=C(CNCC(C)(C)C)C(=O)OCC. The molecule has 0 aromatic carbocycles. The molecule has 0 spiro atoms. The third-order valence-electron chi connectivity index (χ3n) is 1.56. The smallest absolute Gasteiger partial charge is 0.334 e. The first kappa shape index (κ1) is 13.2. The van der Waals surface area contributed by atoms with Crippen molar-refractivity contribution in [2.75, 3.05) is 19.7 Å². The first-order chi connectivity index (χ1) is 6.37. The second-order valence-electron chi connectivity index (χ2n) is 4.49. The van der Waals surface area contributed by atoms with Gasteiger partial charge in [0.05, 0.1) is 6.61 Å². The minimum atomic E-state index is -0.311. The van der Waals surface area contributed by atoms with Gasteiger partial charge in [-0.1, -0.05) is 27.4 Å². The van der Waals surface area contributed by atoms with Crippen LogP contribution in [0.5, 0.6) is 0 Å². The summed E-state index contributed by atoms with van der Waals surface area (Å²) in [6.45, 7) is 13.6. The number of carbonyl (C=O) groups excluding carboxylic acids is 1. The summed E-state index contributed by atoms with van der Waals surface area (Å²) in [4.78, 5) is 11.1. The Morgan fingerprint density at radius 1 is 1.43 bits per heavy atom. The van der Waals surface area contributed by atoms with Crippen LogP contribution in [0.2, 0.25) is 0 Å². The lowest BCUT2D eigenvalue weighted by atomic mass is 9.97. The molecule has 0 rings (SSSR count). The number of carbonyl (C=O) groups is 1. The van der Waals surface area contributed by atoms with E-state index in [1.54, 1.807) is 6.92 Å². The largest absolute Gasteiger partial charge is 0.463 e. The minimum Gasteiger partial charge on any atom is -0.463 e. The van der Waals surface area contributed by atoms with Crippen LogP contribution in [0.4, 0.5) is 0 Å². The zero-order valence-corrected chi connectivity index (χ0v) is 9.64. The van der Waals surface area contributed by atoms with Gasteiger partial charge in [0.25, 0.3) is 0 Å². The van der Waals surface area contributed by atoms with Crippen LogP contribution in [0, 0.1) is 5.41 Å². The quantitative estimate of drug-likeness (QED) is 0.541. The summed E-state index contributed by atoms with van der Waals surface area (Å²) < 4.78 is 4.81. The Morgan fingerprint density at radius 3 is 2.43 bits per heavy atom. The van der Waals surface area contributed by atoms with Crippen LogP contribution in [0.1, 0.15) is 27.7 Å². The molecule has 0 aromatic heterocycles. The highest BCUT2D eigenvalue weighted by Crippen LogP contribution is 2.10. The van der Waals surface area contributed by atoms with E-state index >= 15 is 0 Å². The summed E-state index contributed by atoms with van der Waals surface area (Å²) in [6, 6.07) is 0. The van der Waals surface area contributed by atoms with E-state index in [1.807, 2.05) is 0 Å². The molecule has 0 heterocycles. The topological polar surface area (TPSA) is 38.3 Å². The summed E-state index contributed by atoms with van der Waals surface area (Å²) in [5.41, 5.74) is 0.700. The van der Waals surface area contributed by atoms with Crippen molar-refractivity contribution >= 4 is 5.97 Å². The van der Waals surface area contributed by atoms with Gasteiger partial charge >= 0.3 is 5.97 Å². The van der Waals surface area contributed by atoms with Crippen LogP contribution < -0.4 is 5.32 Å². The van der Waals surface area contributed by atoms with Crippen molar-refractivity contribution in [3.05, 3.63) is 12.2 Å². The highest BCUT2D eigenvalue weighted by atomic mass is 16.5. The van der Waals surface area contributed by atoms with Gasteiger partial charge in [-0.25, -0.2) is 4.79 Å².